The maximum absolute atomic E-state index is 13.6. The van der Waals surface area contributed by atoms with E-state index in [1.807, 2.05) is 0 Å². The Morgan fingerprint density at radius 3 is 2.38 bits per heavy atom. The van der Waals surface area contributed by atoms with Crippen LogP contribution in [0.5, 0.6) is 0 Å². The minimum atomic E-state index is -0.413. The van der Waals surface area contributed by atoms with Crippen molar-refractivity contribution in [2.75, 3.05) is 17.2 Å². The molecule has 7 heteroatoms. The SMILES string of the molecule is CCOC(=O)c1ccc(Nc2ccc(NC(=O)Cc3ccccc3F)nc2)cc1. The van der Waals surface area contributed by atoms with Gasteiger partial charge in [-0.3, -0.25) is 4.79 Å². The zero-order valence-corrected chi connectivity index (χ0v) is 15.8. The summed E-state index contributed by atoms with van der Waals surface area (Å²) in [4.78, 5) is 27.9. The van der Waals surface area contributed by atoms with Crippen molar-refractivity contribution in [2.45, 2.75) is 13.3 Å². The van der Waals surface area contributed by atoms with E-state index in [-0.39, 0.29) is 18.3 Å². The van der Waals surface area contributed by atoms with E-state index in [1.165, 1.54) is 6.07 Å². The van der Waals surface area contributed by atoms with E-state index in [1.54, 1.807) is 67.7 Å². The zero-order chi connectivity index (χ0) is 20.6. The van der Waals surface area contributed by atoms with E-state index >= 15 is 0 Å². The number of halogens is 1. The minimum Gasteiger partial charge on any atom is -0.462 e. The van der Waals surface area contributed by atoms with Crippen LogP contribution in [0.1, 0.15) is 22.8 Å². The van der Waals surface area contributed by atoms with Gasteiger partial charge in [0.25, 0.3) is 0 Å². The number of nitrogens with one attached hydrogen (secondary N) is 2. The molecule has 0 bridgehead atoms. The van der Waals surface area contributed by atoms with Crippen molar-refractivity contribution in [2.24, 2.45) is 0 Å². The van der Waals surface area contributed by atoms with Crippen LogP contribution >= 0.6 is 0 Å². The summed E-state index contributed by atoms with van der Waals surface area (Å²) >= 11 is 0. The lowest BCUT2D eigenvalue weighted by Gasteiger charge is -2.09. The third-order valence-corrected chi connectivity index (χ3v) is 4.02. The first-order chi connectivity index (χ1) is 14.0. The van der Waals surface area contributed by atoms with Gasteiger partial charge in [0.1, 0.15) is 11.6 Å². The Bertz CT molecular complexity index is 989. The van der Waals surface area contributed by atoms with Crippen LogP contribution < -0.4 is 10.6 Å². The summed E-state index contributed by atoms with van der Waals surface area (Å²) < 4.78 is 18.6. The number of carbonyl (C=O) groups excluding carboxylic acids is 2. The third-order valence-electron chi connectivity index (χ3n) is 4.02. The van der Waals surface area contributed by atoms with E-state index in [0.29, 0.717) is 29.2 Å². The van der Waals surface area contributed by atoms with Crippen molar-refractivity contribution in [1.82, 2.24) is 4.98 Å². The number of ether oxygens (including phenoxy) is 1. The van der Waals surface area contributed by atoms with Gasteiger partial charge in [-0.2, -0.15) is 0 Å². The summed E-state index contributed by atoms with van der Waals surface area (Å²) in [7, 11) is 0. The van der Waals surface area contributed by atoms with Crippen molar-refractivity contribution < 1.29 is 18.7 Å². The molecule has 148 valence electrons. The van der Waals surface area contributed by atoms with Crippen LogP contribution in [0.25, 0.3) is 0 Å². The maximum atomic E-state index is 13.6. The minimum absolute atomic E-state index is 0.0683. The first-order valence-electron chi connectivity index (χ1n) is 9.08. The van der Waals surface area contributed by atoms with Gasteiger partial charge in [-0.05, 0) is 55.0 Å². The molecule has 3 rings (SSSR count). The number of aromatic nitrogens is 1. The molecule has 0 spiro atoms. The number of hydrogen-bond donors (Lipinski definition) is 2. The van der Waals surface area contributed by atoms with Crippen molar-refractivity contribution >= 4 is 29.1 Å². The second kappa shape index (κ2) is 9.45. The average molecular weight is 393 g/mol. The molecule has 0 saturated carbocycles. The van der Waals surface area contributed by atoms with E-state index < -0.39 is 5.82 Å². The Kier molecular flexibility index (Phi) is 6.52. The number of benzene rings is 2. The van der Waals surface area contributed by atoms with Gasteiger partial charge in [-0.1, -0.05) is 18.2 Å². The molecule has 0 atom stereocenters. The highest BCUT2D eigenvalue weighted by Crippen LogP contribution is 2.18. The highest BCUT2D eigenvalue weighted by atomic mass is 19.1. The van der Waals surface area contributed by atoms with E-state index in [0.717, 1.165) is 5.69 Å². The number of pyridine rings is 1. The second-order valence-electron chi connectivity index (χ2n) is 6.17. The molecule has 1 heterocycles. The molecule has 2 N–H and O–H groups in total. The van der Waals surface area contributed by atoms with Gasteiger partial charge in [0.05, 0.1) is 30.5 Å². The molecule has 1 amide bonds. The van der Waals surface area contributed by atoms with Gasteiger partial charge in [-0.25, -0.2) is 14.2 Å². The highest BCUT2D eigenvalue weighted by Gasteiger charge is 2.09. The zero-order valence-electron chi connectivity index (χ0n) is 15.8. The average Bonchev–Trinajstić information content (AvgIpc) is 2.72. The number of hydrogen-bond acceptors (Lipinski definition) is 5. The first-order valence-corrected chi connectivity index (χ1v) is 9.08. The van der Waals surface area contributed by atoms with Gasteiger partial charge in [0, 0.05) is 5.69 Å². The Morgan fingerprint density at radius 2 is 1.72 bits per heavy atom. The van der Waals surface area contributed by atoms with E-state index in [9.17, 15) is 14.0 Å². The number of esters is 1. The lowest BCUT2D eigenvalue weighted by Crippen LogP contribution is -2.16. The van der Waals surface area contributed by atoms with Gasteiger partial charge >= 0.3 is 5.97 Å². The van der Waals surface area contributed by atoms with Crippen molar-refractivity contribution in [1.29, 1.82) is 0 Å². The van der Waals surface area contributed by atoms with Crippen LogP contribution in [0.15, 0.2) is 66.9 Å². The van der Waals surface area contributed by atoms with Crippen LogP contribution in [-0.2, 0) is 16.0 Å². The fourth-order valence-corrected chi connectivity index (χ4v) is 2.61. The molecule has 2 aromatic carbocycles. The van der Waals surface area contributed by atoms with Gasteiger partial charge in [-0.15, -0.1) is 0 Å². The standard InChI is InChI=1S/C22H20FN3O3/c1-2-29-22(28)15-7-9-17(10-8-15)25-18-11-12-20(24-14-18)26-21(27)13-16-5-3-4-6-19(16)23/h3-12,14,25H,2,13H2,1H3,(H,24,26,27). The van der Waals surface area contributed by atoms with Crippen LogP contribution in [0.3, 0.4) is 0 Å². The Morgan fingerprint density at radius 1 is 1.00 bits per heavy atom. The summed E-state index contributed by atoms with van der Waals surface area (Å²) in [5, 5.41) is 5.80. The van der Waals surface area contributed by atoms with Gasteiger partial charge < -0.3 is 15.4 Å². The fraction of sp³-hybridized carbons (Fsp3) is 0.136. The molecule has 0 aliphatic heterocycles. The van der Waals surface area contributed by atoms with Crippen LogP contribution in [0.2, 0.25) is 0 Å². The second-order valence-corrected chi connectivity index (χ2v) is 6.17. The largest absolute Gasteiger partial charge is 0.462 e. The normalized spacial score (nSPS) is 10.3. The smallest absolute Gasteiger partial charge is 0.338 e. The van der Waals surface area contributed by atoms with Crippen molar-refractivity contribution in [3.63, 3.8) is 0 Å². The van der Waals surface area contributed by atoms with Crippen LogP contribution in [0, 0.1) is 5.82 Å². The Balaban J connectivity index is 1.56. The van der Waals surface area contributed by atoms with Gasteiger partial charge in [0.15, 0.2) is 0 Å². The lowest BCUT2D eigenvalue weighted by atomic mass is 10.1. The molecule has 0 aliphatic carbocycles. The van der Waals surface area contributed by atoms with E-state index in [2.05, 4.69) is 15.6 Å². The predicted molar refractivity (Wildman–Crippen MR) is 109 cm³/mol. The fourth-order valence-electron chi connectivity index (χ4n) is 2.61. The quantitative estimate of drug-likeness (QED) is 0.584. The third kappa shape index (κ3) is 5.62. The molecule has 0 radical (unpaired) electrons. The Labute approximate surface area is 167 Å². The number of rotatable bonds is 7. The first kappa shape index (κ1) is 20.0. The number of nitrogens with zero attached hydrogens (tertiary/aromatic N) is 1. The van der Waals surface area contributed by atoms with Gasteiger partial charge in [0.2, 0.25) is 5.91 Å². The summed E-state index contributed by atoms with van der Waals surface area (Å²) in [6.07, 6.45) is 1.50. The molecule has 6 nitrogen and oxygen atoms in total. The van der Waals surface area contributed by atoms with Crippen LogP contribution in [-0.4, -0.2) is 23.5 Å². The molecular weight excluding hydrogens is 373 g/mol. The van der Waals surface area contributed by atoms with Crippen LogP contribution in [0.4, 0.5) is 21.6 Å². The molecule has 0 aliphatic rings. The number of carbonyl (C=O) groups is 2. The highest BCUT2D eigenvalue weighted by molar-refractivity contribution is 5.91. The van der Waals surface area contributed by atoms with E-state index in [4.69, 9.17) is 4.74 Å². The molecule has 0 unspecified atom stereocenters. The maximum Gasteiger partial charge on any atom is 0.338 e. The molecular formula is C22H20FN3O3. The summed E-state index contributed by atoms with van der Waals surface area (Å²) in [6, 6.07) is 16.4. The molecule has 29 heavy (non-hydrogen) atoms. The summed E-state index contributed by atoms with van der Waals surface area (Å²) in [5.74, 6) is -0.757. The van der Waals surface area contributed by atoms with Crippen molar-refractivity contribution in [3.05, 3.63) is 83.8 Å². The Hall–Kier alpha value is -3.74. The molecule has 1 aromatic heterocycles. The number of amides is 1. The monoisotopic (exact) mass is 393 g/mol. The van der Waals surface area contributed by atoms with Crippen molar-refractivity contribution in [3.8, 4) is 0 Å². The summed E-state index contributed by atoms with van der Waals surface area (Å²) in [6.45, 7) is 2.08. The molecule has 0 saturated heterocycles. The lowest BCUT2D eigenvalue weighted by molar-refractivity contribution is -0.115. The topological polar surface area (TPSA) is 80.3 Å². The number of anilines is 3. The molecule has 3 aromatic rings. The molecule has 0 fully saturated rings. The summed E-state index contributed by atoms with van der Waals surface area (Å²) in [5.41, 5.74) is 2.29. The predicted octanol–water partition coefficient (Wildman–Crippen LogP) is 4.32.